The zero-order valence-electron chi connectivity index (χ0n) is 15.4. The molecule has 7 heteroatoms. The Morgan fingerprint density at radius 2 is 2.07 bits per heavy atom. The number of nitrogens with zero attached hydrogens (tertiary/aromatic N) is 5. The fraction of sp³-hybridized carbons (Fsp3) is 0.350. The number of fused-ring (bicyclic) bond motifs is 2. The van der Waals surface area contributed by atoms with Crippen LogP contribution in [-0.2, 0) is 0 Å². The molecule has 1 fully saturated rings. The summed E-state index contributed by atoms with van der Waals surface area (Å²) in [5.74, 6) is 0.0387. The first kappa shape index (κ1) is 16.4. The molecule has 1 aliphatic rings. The molecule has 1 saturated heterocycles. The molecule has 4 aromatic heterocycles. The van der Waals surface area contributed by atoms with Crippen LogP contribution < -0.4 is 5.32 Å². The maximum atomic E-state index is 14.8. The van der Waals surface area contributed by atoms with Gasteiger partial charge < -0.3 is 9.72 Å². The molecule has 0 radical (unpaired) electrons. The summed E-state index contributed by atoms with van der Waals surface area (Å²) < 4.78 is 18.3. The first-order valence-electron chi connectivity index (χ1n) is 9.32. The van der Waals surface area contributed by atoms with E-state index in [0.717, 1.165) is 42.0 Å². The molecule has 1 aliphatic heterocycles. The van der Waals surface area contributed by atoms with Crippen LogP contribution in [0.5, 0.6) is 0 Å². The highest BCUT2D eigenvalue weighted by molar-refractivity contribution is 5.62. The van der Waals surface area contributed by atoms with E-state index in [1.165, 1.54) is 6.07 Å². The Kier molecular flexibility index (Phi) is 3.72. The van der Waals surface area contributed by atoms with Gasteiger partial charge in [-0.25, -0.2) is 18.9 Å². The SMILES string of the molecule is Cc1cn2nc(-c3cc(F)c4nc(C5CCNC(C)C5)cn4c3)ccc2n1. The van der Waals surface area contributed by atoms with E-state index < -0.39 is 0 Å². The Hall–Kier alpha value is -2.80. The van der Waals surface area contributed by atoms with Crippen LogP contribution >= 0.6 is 0 Å². The van der Waals surface area contributed by atoms with Gasteiger partial charge in [0.05, 0.1) is 23.3 Å². The van der Waals surface area contributed by atoms with Gasteiger partial charge in [0.2, 0.25) is 0 Å². The van der Waals surface area contributed by atoms with Crippen molar-refractivity contribution in [1.29, 1.82) is 0 Å². The second-order valence-electron chi connectivity index (χ2n) is 7.45. The quantitative estimate of drug-likeness (QED) is 0.593. The van der Waals surface area contributed by atoms with Gasteiger partial charge in [0.15, 0.2) is 17.1 Å². The molecule has 5 heterocycles. The van der Waals surface area contributed by atoms with Crippen LogP contribution in [0.25, 0.3) is 22.6 Å². The van der Waals surface area contributed by atoms with Crippen LogP contribution in [0.1, 0.15) is 37.1 Å². The standard InChI is InChI=1S/C20H21FN6/c1-12-7-14(5-6-22-12)18-11-26-10-15(8-16(21)20(26)24-18)17-3-4-19-23-13(2)9-27(19)25-17/h3-4,8-12,14,22H,5-7H2,1-2H3. The number of imidazole rings is 2. The Balaban J connectivity index is 1.57. The van der Waals surface area contributed by atoms with E-state index in [1.54, 1.807) is 8.92 Å². The topological polar surface area (TPSA) is 59.5 Å². The second kappa shape index (κ2) is 6.13. The van der Waals surface area contributed by atoms with Crippen molar-refractivity contribution in [2.24, 2.45) is 0 Å². The predicted octanol–water partition coefficient (Wildman–Crippen LogP) is 3.35. The van der Waals surface area contributed by atoms with Crippen molar-refractivity contribution in [3.05, 3.63) is 54.0 Å². The number of hydrogen-bond acceptors (Lipinski definition) is 4. The minimum atomic E-state index is -0.329. The molecule has 5 rings (SSSR count). The van der Waals surface area contributed by atoms with Crippen molar-refractivity contribution >= 4 is 11.3 Å². The van der Waals surface area contributed by atoms with Gasteiger partial charge in [-0.05, 0) is 51.4 Å². The number of rotatable bonds is 2. The molecule has 0 saturated carbocycles. The van der Waals surface area contributed by atoms with Gasteiger partial charge in [-0.1, -0.05) is 0 Å². The van der Waals surface area contributed by atoms with Crippen LogP contribution in [0.3, 0.4) is 0 Å². The molecule has 0 bridgehead atoms. The maximum absolute atomic E-state index is 14.8. The molecule has 6 nitrogen and oxygen atoms in total. The summed E-state index contributed by atoms with van der Waals surface area (Å²) in [5, 5.41) is 8.02. The third-order valence-corrected chi connectivity index (χ3v) is 5.30. The lowest BCUT2D eigenvalue weighted by Crippen LogP contribution is -2.34. The molecule has 4 aromatic rings. The first-order valence-corrected chi connectivity index (χ1v) is 9.32. The lowest BCUT2D eigenvalue weighted by molar-refractivity contribution is 0.377. The average Bonchev–Trinajstić information content (AvgIpc) is 3.23. The Bertz CT molecular complexity index is 1140. The number of piperidine rings is 1. The fourth-order valence-electron chi connectivity index (χ4n) is 3.97. The van der Waals surface area contributed by atoms with Crippen molar-refractivity contribution in [3.8, 4) is 11.3 Å². The minimum absolute atomic E-state index is 0.329. The Labute approximate surface area is 156 Å². The van der Waals surface area contributed by atoms with Crippen molar-refractivity contribution in [3.63, 3.8) is 0 Å². The fourth-order valence-corrected chi connectivity index (χ4v) is 3.97. The number of aromatic nitrogens is 5. The summed E-state index contributed by atoms with van der Waals surface area (Å²) in [4.78, 5) is 8.97. The average molecular weight is 364 g/mol. The summed E-state index contributed by atoms with van der Waals surface area (Å²) in [6.45, 7) is 5.08. The molecule has 27 heavy (non-hydrogen) atoms. The second-order valence-corrected chi connectivity index (χ2v) is 7.45. The van der Waals surface area contributed by atoms with Gasteiger partial charge in [-0.2, -0.15) is 5.10 Å². The highest BCUT2D eigenvalue weighted by atomic mass is 19.1. The molecule has 0 amide bonds. The van der Waals surface area contributed by atoms with Crippen molar-refractivity contribution in [2.45, 2.75) is 38.6 Å². The largest absolute Gasteiger partial charge is 0.314 e. The smallest absolute Gasteiger partial charge is 0.173 e. The Morgan fingerprint density at radius 3 is 2.93 bits per heavy atom. The van der Waals surface area contributed by atoms with Crippen LogP contribution in [0, 0.1) is 12.7 Å². The van der Waals surface area contributed by atoms with Gasteiger partial charge in [0.25, 0.3) is 0 Å². The molecule has 0 spiro atoms. The lowest BCUT2D eigenvalue weighted by atomic mass is 9.91. The van der Waals surface area contributed by atoms with Gasteiger partial charge in [0, 0.05) is 29.9 Å². The first-order chi connectivity index (χ1) is 13.1. The zero-order chi connectivity index (χ0) is 18.5. The zero-order valence-corrected chi connectivity index (χ0v) is 15.4. The molecule has 2 unspecified atom stereocenters. The summed E-state index contributed by atoms with van der Waals surface area (Å²) in [6.07, 6.45) is 7.78. The van der Waals surface area contributed by atoms with Crippen LogP contribution in [0.4, 0.5) is 4.39 Å². The third kappa shape index (κ3) is 2.88. The number of pyridine rings is 1. The van der Waals surface area contributed by atoms with Crippen molar-refractivity contribution in [1.82, 2.24) is 29.3 Å². The normalized spacial score (nSPS) is 20.6. The van der Waals surface area contributed by atoms with Gasteiger partial charge in [-0.3, -0.25) is 0 Å². The van der Waals surface area contributed by atoms with Crippen LogP contribution in [0.15, 0.2) is 36.8 Å². The monoisotopic (exact) mass is 364 g/mol. The van der Waals surface area contributed by atoms with E-state index in [4.69, 9.17) is 0 Å². The van der Waals surface area contributed by atoms with Gasteiger partial charge >= 0.3 is 0 Å². The number of aryl methyl sites for hydroxylation is 1. The van der Waals surface area contributed by atoms with E-state index >= 15 is 0 Å². The number of nitrogens with one attached hydrogen (secondary N) is 1. The molecule has 138 valence electrons. The lowest BCUT2D eigenvalue weighted by Gasteiger charge is -2.26. The van der Waals surface area contributed by atoms with E-state index in [-0.39, 0.29) is 5.82 Å². The van der Waals surface area contributed by atoms with Crippen LogP contribution in [-0.4, -0.2) is 36.6 Å². The molecule has 2 atom stereocenters. The summed E-state index contributed by atoms with van der Waals surface area (Å²) >= 11 is 0. The molecule has 1 N–H and O–H groups in total. The van der Waals surface area contributed by atoms with E-state index in [2.05, 4.69) is 27.3 Å². The third-order valence-electron chi connectivity index (χ3n) is 5.30. The van der Waals surface area contributed by atoms with Crippen LogP contribution in [0.2, 0.25) is 0 Å². The van der Waals surface area contributed by atoms with Crippen molar-refractivity contribution < 1.29 is 4.39 Å². The molecular formula is C20H21FN6. The predicted molar refractivity (Wildman–Crippen MR) is 101 cm³/mol. The summed E-state index contributed by atoms with van der Waals surface area (Å²) in [7, 11) is 0. The van der Waals surface area contributed by atoms with Gasteiger partial charge in [0.1, 0.15) is 0 Å². The number of hydrogen-bond donors (Lipinski definition) is 1. The highest BCUT2D eigenvalue weighted by Crippen LogP contribution is 2.29. The summed E-state index contributed by atoms with van der Waals surface area (Å²) in [6, 6.07) is 5.74. The van der Waals surface area contributed by atoms with Gasteiger partial charge in [-0.15, -0.1) is 0 Å². The molecular weight excluding hydrogens is 343 g/mol. The van der Waals surface area contributed by atoms with Crippen molar-refractivity contribution in [2.75, 3.05) is 6.54 Å². The molecule has 0 aromatic carbocycles. The van der Waals surface area contributed by atoms with E-state index in [0.29, 0.717) is 23.3 Å². The van der Waals surface area contributed by atoms with E-state index in [1.807, 2.05) is 37.6 Å². The summed E-state index contributed by atoms with van der Waals surface area (Å²) in [5.41, 5.74) is 4.44. The minimum Gasteiger partial charge on any atom is -0.314 e. The highest BCUT2D eigenvalue weighted by Gasteiger charge is 2.23. The number of halogens is 1. The van der Waals surface area contributed by atoms with E-state index in [9.17, 15) is 4.39 Å². The Morgan fingerprint density at radius 1 is 1.19 bits per heavy atom. The molecule has 0 aliphatic carbocycles. The maximum Gasteiger partial charge on any atom is 0.173 e.